The first-order chi connectivity index (χ1) is 21.1. The molecule has 0 spiro atoms. The van der Waals surface area contributed by atoms with Gasteiger partial charge < -0.3 is 10.1 Å². The zero-order chi connectivity index (χ0) is 31.0. The third-order valence-electron chi connectivity index (χ3n) is 9.14. The van der Waals surface area contributed by atoms with Crippen LogP contribution < -0.4 is 10.1 Å². The first-order valence-corrected chi connectivity index (χ1v) is 15.4. The van der Waals surface area contributed by atoms with E-state index in [1.807, 2.05) is 93.6 Å². The summed E-state index contributed by atoms with van der Waals surface area (Å²) in [6, 6.07) is 28.6. The lowest BCUT2D eigenvalue weighted by Gasteiger charge is -2.54. The number of nitrogens with zero attached hydrogens (tertiary/aromatic N) is 1. The van der Waals surface area contributed by atoms with Gasteiger partial charge in [-0.3, -0.25) is 19.3 Å². The average Bonchev–Trinajstić information content (AvgIpc) is 3.27. The summed E-state index contributed by atoms with van der Waals surface area (Å²) >= 11 is 15.1. The van der Waals surface area contributed by atoms with E-state index in [-0.39, 0.29) is 5.92 Å². The van der Waals surface area contributed by atoms with E-state index in [4.69, 9.17) is 27.9 Å². The second-order valence-corrected chi connectivity index (χ2v) is 13.3. The lowest BCUT2D eigenvalue weighted by atomic mass is 9.54. The Balaban J connectivity index is 1.21. The number of carbonyl (C=O) groups excluding carboxylic acids is 3. The van der Waals surface area contributed by atoms with Gasteiger partial charge in [-0.15, -0.1) is 23.2 Å². The fourth-order valence-corrected chi connectivity index (χ4v) is 8.42. The molecule has 0 radical (unpaired) electrons. The highest BCUT2D eigenvalue weighted by atomic mass is 35.5. The maximum Gasteiger partial charge on any atom is 0.247 e. The summed E-state index contributed by atoms with van der Waals surface area (Å²) in [7, 11) is 0. The fraction of sp³-hybridized carbons (Fsp3) is 0.250. The van der Waals surface area contributed by atoms with Gasteiger partial charge in [0.25, 0.3) is 0 Å². The molecule has 4 aliphatic rings. The molecule has 3 atom stereocenters. The number of carbonyl (C=O) groups is 3. The van der Waals surface area contributed by atoms with E-state index in [1.54, 1.807) is 24.3 Å². The van der Waals surface area contributed by atoms with Crippen LogP contribution in [0.2, 0.25) is 0 Å². The molecule has 1 fully saturated rings. The maximum absolute atomic E-state index is 14.4. The minimum Gasteiger partial charge on any atom is -0.457 e. The van der Waals surface area contributed by atoms with Crippen molar-refractivity contribution in [3.8, 4) is 11.5 Å². The zero-order valence-electron chi connectivity index (χ0n) is 24.4. The number of imide groups is 1. The second-order valence-electron chi connectivity index (χ2n) is 12.1. The first-order valence-electron chi connectivity index (χ1n) is 14.7. The van der Waals surface area contributed by atoms with E-state index in [2.05, 4.69) is 5.32 Å². The van der Waals surface area contributed by atoms with E-state index in [9.17, 15) is 14.4 Å². The molecule has 1 N–H and O–H groups in total. The van der Waals surface area contributed by atoms with Crippen LogP contribution >= 0.6 is 23.2 Å². The first kappa shape index (κ1) is 28.6. The van der Waals surface area contributed by atoms with Crippen molar-refractivity contribution in [2.75, 3.05) is 5.32 Å². The van der Waals surface area contributed by atoms with Gasteiger partial charge in [0.1, 0.15) is 27.3 Å². The van der Waals surface area contributed by atoms with Crippen molar-refractivity contribution in [3.63, 3.8) is 0 Å². The number of nitrogens with one attached hydrogen (secondary N) is 1. The molecule has 4 aromatic carbocycles. The molecule has 3 aliphatic carbocycles. The Hall–Kier alpha value is -4.13. The highest BCUT2D eigenvalue weighted by Crippen LogP contribution is 2.69. The number of rotatable bonds is 6. The summed E-state index contributed by atoms with van der Waals surface area (Å²) in [6.45, 7) is 5.62. The fourth-order valence-electron chi connectivity index (χ4n) is 7.32. The summed E-state index contributed by atoms with van der Waals surface area (Å²) in [5.41, 5.74) is 4.47. The second kappa shape index (κ2) is 10.2. The standard InChI is InChI=1S/C36H30Cl2N2O4/c1-20(2)31(32(41)39-22-15-17-23(18-16-22)44-24-10-8-9-21(3)19-24)40-33(42)29-30(34(40)43)36(38)26-12-5-4-11-25(26)35(29,37)27-13-6-7-14-28(27)36/h4-20,29-31H,1-3H3,(H,39,41)/t29-,30-,31+,35?,36?/m1/s1. The highest BCUT2D eigenvalue weighted by Gasteiger charge is 2.73. The van der Waals surface area contributed by atoms with Gasteiger partial charge in [-0.2, -0.15) is 0 Å². The van der Waals surface area contributed by atoms with Crippen LogP contribution in [0, 0.1) is 24.7 Å². The Bertz CT molecular complexity index is 1710. The quantitative estimate of drug-likeness (QED) is 0.180. The molecule has 8 heteroatoms. The van der Waals surface area contributed by atoms with Gasteiger partial charge in [0.15, 0.2) is 0 Å². The molecule has 0 unspecified atom stereocenters. The molecular formula is C36H30Cl2N2O4. The number of aryl methyl sites for hydroxylation is 1. The SMILES string of the molecule is Cc1cccc(Oc2ccc(NC(=O)[C@H](C(C)C)N3C(=O)[C@H]4[C@H](C3=O)C3(Cl)c5ccccc5C4(Cl)c4ccccc43)cc2)c1. The molecule has 4 aromatic rings. The Morgan fingerprint density at radius 3 is 1.70 bits per heavy atom. The number of hydrogen-bond donors (Lipinski definition) is 1. The van der Waals surface area contributed by atoms with Crippen LogP contribution in [0.5, 0.6) is 11.5 Å². The predicted octanol–water partition coefficient (Wildman–Crippen LogP) is 7.34. The number of ether oxygens (including phenoxy) is 1. The number of alkyl halides is 2. The molecule has 1 aliphatic heterocycles. The van der Waals surface area contributed by atoms with E-state index >= 15 is 0 Å². The Morgan fingerprint density at radius 2 is 1.25 bits per heavy atom. The van der Waals surface area contributed by atoms with Gasteiger partial charge in [0.2, 0.25) is 17.7 Å². The summed E-state index contributed by atoms with van der Waals surface area (Å²) < 4.78 is 5.93. The van der Waals surface area contributed by atoms with Crippen LogP contribution in [0.1, 0.15) is 41.7 Å². The number of benzene rings is 4. The van der Waals surface area contributed by atoms with Crippen molar-refractivity contribution in [1.82, 2.24) is 4.90 Å². The summed E-state index contributed by atoms with van der Waals surface area (Å²) in [5, 5.41) is 2.91. The van der Waals surface area contributed by atoms with Crippen LogP contribution in [-0.2, 0) is 24.1 Å². The molecule has 44 heavy (non-hydrogen) atoms. The monoisotopic (exact) mass is 624 g/mol. The van der Waals surface area contributed by atoms with Gasteiger partial charge in [-0.05, 0) is 77.1 Å². The van der Waals surface area contributed by atoms with Crippen LogP contribution in [-0.4, -0.2) is 28.7 Å². The Kier molecular flexibility index (Phi) is 6.65. The molecule has 0 aromatic heterocycles. The molecule has 0 saturated carbocycles. The van der Waals surface area contributed by atoms with Crippen molar-refractivity contribution in [2.45, 2.75) is 36.6 Å². The lowest BCUT2D eigenvalue weighted by molar-refractivity contribution is -0.148. The third-order valence-corrected chi connectivity index (χ3v) is 10.4. The van der Waals surface area contributed by atoms with E-state index in [1.165, 1.54) is 0 Å². The van der Waals surface area contributed by atoms with E-state index < -0.39 is 45.3 Å². The van der Waals surface area contributed by atoms with Crippen LogP contribution in [0.4, 0.5) is 5.69 Å². The summed E-state index contributed by atoms with van der Waals surface area (Å²) in [6.07, 6.45) is 0. The summed E-state index contributed by atoms with van der Waals surface area (Å²) in [5.74, 6) is -2.44. The highest BCUT2D eigenvalue weighted by molar-refractivity contribution is 6.36. The van der Waals surface area contributed by atoms with Crippen molar-refractivity contribution < 1.29 is 19.1 Å². The Labute approximate surface area is 265 Å². The van der Waals surface area contributed by atoms with Crippen molar-refractivity contribution in [2.24, 2.45) is 17.8 Å². The number of hydrogen-bond acceptors (Lipinski definition) is 4. The van der Waals surface area contributed by atoms with Gasteiger partial charge in [0, 0.05) is 5.69 Å². The van der Waals surface area contributed by atoms with Gasteiger partial charge in [-0.1, -0.05) is 74.5 Å². The minimum absolute atomic E-state index is 0.382. The zero-order valence-corrected chi connectivity index (χ0v) is 25.9. The van der Waals surface area contributed by atoms with Crippen LogP contribution in [0.25, 0.3) is 0 Å². The molecule has 1 saturated heterocycles. The average molecular weight is 626 g/mol. The normalized spacial score (nSPS) is 25.4. The van der Waals surface area contributed by atoms with Crippen LogP contribution in [0.3, 0.4) is 0 Å². The minimum atomic E-state index is -1.30. The third kappa shape index (κ3) is 3.97. The largest absolute Gasteiger partial charge is 0.457 e. The van der Waals surface area contributed by atoms with Crippen LogP contribution in [0.15, 0.2) is 97.1 Å². The van der Waals surface area contributed by atoms with Crippen molar-refractivity contribution >= 4 is 46.6 Å². The molecular weight excluding hydrogens is 595 g/mol. The molecule has 3 amide bonds. The number of amides is 3. The van der Waals surface area contributed by atoms with Gasteiger partial charge in [-0.25, -0.2) is 0 Å². The topological polar surface area (TPSA) is 75.7 Å². The molecule has 1 heterocycles. The number of anilines is 1. The van der Waals surface area contributed by atoms with E-state index in [0.717, 1.165) is 32.7 Å². The molecule has 6 nitrogen and oxygen atoms in total. The number of halogens is 2. The number of likely N-dealkylation sites (tertiary alicyclic amines) is 1. The van der Waals surface area contributed by atoms with Gasteiger partial charge >= 0.3 is 0 Å². The molecule has 2 bridgehead atoms. The summed E-state index contributed by atoms with van der Waals surface area (Å²) in [4.78, 5) is 41.2. The molecule has 8 rings (SSSR count). The smallest absolute Gasteiger partial charge is 0.247 e. The predicted molar refractivity (Wildman–Crippen MR) is 170 cm³/mol. The maximum atomic E-state index is 14.4. The van der Waals surface area contributed by atoms with E-state index in [0.29, 0.717) is 17.2 Å². The van der Waals surface area contributed by atoms with Crippen molar-refractivity contribution in [1.29, 1.82) is 0 Å². The molecule has 222 valence electrons. The van der Waals surface area contributed by atoms with Crippen molar-refractivity contribution in [3.05, 3.63) is 125 Å². The van der Waals surface area contributed by atoms with Gasteiger partial charge in [0.05, 0.1) is 11.8 Å². The Morgan fingerprint density at radius 1 is 0.750 bits per heavy atom. The lowest BCUT2D eigenvalue weighted by Crippen LogP contribution is -2.57.